The highest BCUT2D eigenvalue weighted by Crippen LogP contribution is 2.22. The molecule has 2 N–H and O–H groups in total. The fraction of sp³-hybridized carbons (Fsp3) is 0.571. The molecule has 0 amide bonds. The first-order chi connectivity index (χ1) is 9.86. The molecule has 0 aromatic heterocycles. The molecule has 21 heavy (non-hydrogen) atoms. The summed E-state index contributed by atoms with van der Waals surface area (Å²) in [5, 5.41) is 3.26. The Hall–Kier alpha value is -0.630. The van der Waals surface area contributed by atoms with Crippen LogP contribution in [-0.2, 0) is 10.2 Å². The largest absolute Gasteiger partial charge is 0.317 e. The minimum absolute atomic E-state index is 0.485. The van der Waals surface area contributed by atoms with Crippen molar-refractivity contribution in [1.82, 2.24) is 9.62 Å². The van der Waals surface area contributed by atoms with Gasteiger partial charge in [-0.25, -0.2) is 0 Å². The van der Waals surface area contributed by atoms with E-state index in [9.17, 15) is 8.42 Å². The zero-order chi connectivity index (χ0) is 15.9. The molecular weight excluding hydrogens is 354 g/mol. The van der Waals surface area contributed by atoms with Gasteiger partial charge in [-0.15, -0.1) is 0 Å². The third-order valence-electron chi connectivity index (χ3n) is 3.10. The molecule has 0 fully saturated rings. The molecule has 7 heteroatoms. The minimum Gasteiger partial charge on any atom is -0.317 e. The normalized spacial score (nSPS) is 11.9. The van der Waals surface area contributed by atoms with Gasteiger partial charge in [-0.1, -0.05) is 28.9 Å². The molecule has 0 heterocycles. The van der Waals surface area contributed by atoms with Gasteiger partial charge in [0.25, 0.3) is 0 Å². The molecule has 0 spiro atoms. The van der Waals surface area contributed by atoms with E-state index in [4.69, 9.17) is 0 Å². The lowest BCUT2D eigenvalue weighted by Crippen LogP contribution is -2.34. The maximum Gasteiger partial charge on any atom is 0.301 e. The van der Waals surface area contributed by atoms with E-state index in [2.05, 4.69) is 32.9 Å². The predicted molar refractivity (Wildman–Crippen MR) is 91.8 cm³/mol. The Morgan fingerprint density at radius 2 is 2.00 bits per heavy atom. The van der Waals surface area contributed by atoms with Crippen LogP contribution < -0.4 is 10.0 Å². The summed E-state index contributed by atoms with van der Waals surface area (Å²) in [7, 11) is -1.92. The van der Waals surface area contributed by atoms with Crippen molar-refractivity contribution in [2.45, 2.75) is 26.7 Å². The molecule has 0 saturated heterocycles. The minimum atomic E-state index is -3.51. The molecule has 1 aromatic rings. The molecule has 120 valence electrons. The van der Waals surface area contributed by atoms with Crippen molar-refractivity contribution < 1.29 is 8.42 Å². The van der Waals surface area contributed by atoms with Crippen LogP contribution in [-0.4, -0.2) is 39.4 Å². The Kier molecular flexibility index (Phi) is 7.65. The van der Waals surface area contributed by atoms with Gasteiger partial charge >= 0.3 is 10.2 Å². The number of halogens is 1. The van der Waals surface area contributed by atoms with Crippen molar-refractivity contribution in [3.05, 3.63) is 28.2 Å². The summed E-state index contributed by atoms with van der Waals surface area (Å²) in [6, 6.07) is 5.52. The van der Waals surface area contributed by atoms with Gasteiger partial charge in [0.1, 0.15) is 0 Å². The van der Waals surface area contributed by atoms with Crippen LogP contribution in [0.25, 0.3) is 0 Å². The predicted octanol–water partition coefficient (Wildman–Crippen LogP) is 2.74. The van der Waals surface area contributed by atoms with Crippen molar-refractivity contribution in [3.8, 4) is 0 Å². The third-order valence-corrected chi connectivity index (χ3v) is 5.08. The first-order valence-electron chi connectivity index (χ1n) is 7.07. The number of hydrogen-bond acceptors (Lipinski definition) is 3. The fourth-order valence-corrected chi connectivity index (χ4v) is 3.15. The van der Waals surface area contributed by atoms with Crippen molar-refractivity contribution >= 4 is 31.8 Å². The van der Waals surface area contributed by atoms with Gasteiger partial charge in [-0.05, 0) is 50.6 Å². The summed E-state index contributed by atoms with van der Waals surface area (Å²) < 4.78 is 29.3. The fourth-order valence-electron chi connectivity index (χ4n) is 1.77. The van der Waals surface area contributed by atoms with Crippen LogP contribution in [0.5, 0.6) is 0 Å². The van der Waals surface area contributed by atoms with Gasteiger partial charge in [0, 0.05) is 18.1 Å². The zero-order valence-electron chi connectivity index (χ0n) is 12.8. The van der Waals surface area contributed by atoms with E-state index in [0.717, 1.165) is 36.0 Å². The lowest BCUT2D eigenvalue weighted by Gasteiger charge is -2.19. The summed E-state index contributed by atoms with van der Waals surface area (Å²) in [6.07, 6.45) is 1.87. The Morgan fingerprint density at radius 1 is 1.29 bits per heavy atom. The number of aryl methyl sites for hydroxylation is 1. The van der Waals surface area contributed by atoms with Crippen molar-refractivity contribution in [3.63, 3.8) is 0 Å². The molecule has 0 atom stereocenters. The van der Waals surface area contributed by atoms with E-state index in [1.807, 2.05) is 19.1 Å². The van der Waals surface area contributed by atoms with E-state index in [-0.39, 0.29) is 0 Å². The molecule has 0 aliphatic heterocycles. The monoisotopic (exact) mass is 377 g/mol. The molecule has 1 aromatic carbocycles. The summed E-state index contributed by atoms with van der Waals surface area (Å²) in [4.78, 5) is 0. The average Bonchev–Trinajstić information content (AvgIpc) is 2.42. The number of nitrogens with zero attached hydrogens (tertiary/aromatic N) is 1. The topological polar surface area (TPSA) is 61.4 Å². The van der Waals surface area contributed by atoms with Gasteiger partial charge < -0.3 is 5.32 Å². The highest BCUT2D eigenvalue weighted by atomic mass is 79.9. The SMILES string of the molecule is CCCNCCCN(C)S(=O)(=O)Nc1cc(Br)ccc1C. The maximum absolute atomic E-state index is 12.3. The Bertz CT molecular complexity index is 549. The number of rotatable bonds is 9. The highest BCUT2D eigenvalue weighted by molar-refractivity contribution is 9.10. The van der Waals surface area contributed by atoms with E-state index in [1.54, 1.807) is 13.1 Å². The number of benzene rings is 1. The Morgan fingerprint density at radius 3 is 2.67 bits per heavy atom. The van der Waals surface area contributed by atoms with Gasteiger partial charge in [-0.2, -0.15) is 12.7 Å². The van der Waals surface area contributed by atoms with Crippen LogP contribution in [0.4, 0.5) is 5.69 Å². The smallest absolute Gasteiger partial charge is 0.301 e. The van der Waals surface area contributed by atoms with Crippen LogP contribution in [0.1, 0.15) is 25.3 Å². The lowest BCUT2D eigenvalue weighted by atomic mass is 10.2. The molecule has 0 radical (unpaired) electrons. The highest BCUT2D eigenvalue weighted by Gasteiger charge is 2.18. The zero-order valence-corrected chi connectivity index (χ0v) is 15.2. The molecule has 5 nitrogen and oxygen atoms in total. The molecule has 0 bridgehead atoms. The van der Waals surface area contributed by atoms with Gasteiger partial charge in [0.05, 0.1) is 5.69 Å². The van der Waals surface area contributed by atoms with E-state index >= 15 is 0 Å². The van der Waals surface area contributed by atoms with E-state index < -0.39 is 10.2 Å². The second-order valence-corrected chi connectivity index (χ2v) is 7.68. The Balaban J connectivity index is 2.57. The summed E-state index contributed by atoms with van der Waals surface area (Å²) >= 11 is 3.35. The number of nitrogens with one attached hydrogen (secondary N) is 2. The van der Waals surface area contributed by atoms with Crippen LogP contribution in [0.15, 0.2) is 22.7 Å². The van der Waals surface area contributed by atoms with Crippen LogP contribution >= 0.6 is 15.9 Å². The quantitative estimate of drug-likeness (QED) is 0.650. The maximum atomic E-state index is 12.3. The van der Waals surface area contributed by atoms with Crippen LogP contribution in [0.3, 0.4) is 0 Å². The molecular formula is C14H24BrN3O2S. The standard InChI is InChI=1S/C14H24BrN3O2S/c1-4-8-16-9-5-10-18(3)21(19,20)17-14-11-13(15)7-6-12(14)2/h6-7,11,16-17H,4-5,8-10H2,1-3H3. The van der Waals surface area contributed by atoms with E-state index in [0.29, 0.717) is 12.2 Å². The molecule has 0 aliphatic rings. The molecule has 0 aliphatic carbocycles. The van der Waals surface area contributed by atoms with Crippen LogP contribution in [0, 0.1) is 6.92 Å². The van der Waals surface area contributed by atoms with Gasteiger partial charge in [0.2, 0.25) is 0 Å². The number of hydrogen-bond donors (Lipinski definition) is 2. The van der Waals surface area contributed by atoms with Crippen LogP contribution in [0.2, 0.25) is 0 Å². The second-order valence-electron chi connectivity index (χ2n) is 4.99. The second kappa shape index (κ2) is 8.73. The van der Waals surface area contributed by atoms with Gasteiger partial charge in [-0.3, -0.25) is 4.72 Å². The third kappa shape index (κ3) is 6.34. The van der Waals surface area contributed by atoms with Crippen molar-refractivity contribution in [2.24, 2.45) is 0 Å². The summed E-state index contributed by atoms with van der Waals surface area (Å²) in [6.45, 7) is 6.25. The van der Waals surface area contributed by atoms with E-state index in [1.165, 1.54) is 4.31 Å². The Labute approximate surface area is 136 Å². The number of anilines is 1. The summed E-state index contributed by atoms with van der Waals surface area (Å²) in [5.41, 5.74) is 1.49. The van der Waals surface area contributed by atoms with Crippen molar-refractivity contribution in [1.29, 1.82) is 0 Å². The first kappa shape index (κ1) is 18.4. The van der Waals surface area contributed by atoms with Crippen molar-refractivity contribution in [2.75, 3.05) is 31.4 Å². The lowest BCUT2D eigenvalue weighted by molar-refractivity contribution is 0.458. The molecule has 0 saturated carbocycles. The first-order valence-corrected chi connectivity index (χ1v) is 9.31. The molecule has 1 rings (SSSR count). The summed E-state index contributed by atoms with van der Waals surface area (Å²) in [5.74, 6) is 0. The average molecular weight is 378 g/mol. The molecule has 0 unspecified atom stereocenters. The van der Waals surface area contributed by atoms with Gasteiger partial charge in [0.15, 0.2) is 0 Å².